The van der Waals surface area contributed by atoms with Crippen LogP contribution in [0.3, 0.4) is 0 Å². The number of halogens is 1. The molecule has 8 nitrogen and oxygen atoms in total. The summed E-state index contributed by atoms with van der Waals surface area (Å²) in [5, 5.41) is 20.6. The van der Waals surface area contributed by atoms with Crippen molar-refractivity contribution >= 4 is 11.9 Å². The highest BCUT2D eigenvalue weighted by molar-refractivity contribution is 5.82. The van der Waals surface area contributed by atoms with Gasteiger partial charge in [-0.1, -0.05) is 12.1 Å². The molecule has 0 spiro atoms. The van der Waals surface area contributed by atoms with Crippen molar-refractivity contribution in [3.63, 3.8) is 0 Å². The van der Waals surface area contributed by atoms with Crippen molar-refractivity contribution in [2.75, 3.05) is 13.1 Å². The minimum atomic E-state index is -0.892. The fourth-order valence-electron chi connectivity index (χ4n) is 3.24. The molecule has 1 unspecified atom stereocenters. The minimum absolute atomic E-state index is 0.176. The van der Waals surface area contributed by atoms with E-state index in [4.69, 9.17) is 0 Å². The number of amides is 1. The summed E-state index contributed by atoms with van der Waals surface area (Å²) in [5.41, 5.74) is 0.770. The van der Waals surface area contributed by atoms with E-state index in [9.17, 15) is 19.1 Å². The van der Waals surface area contributed by atoms with E-state index in [1.54, 1.807) is 24.0 Å². The third-order valence-corrected chi connectivity index (χ3v) is 4.66. The van der Waals surface area contributed by atoms with Gasteiger partial charge in [-0.3, -0.25) is 9.59 Å². The lowest BCUT2D eigenvalue weighted by Crippen LogP contribution is -2.46. The number of carboxylic acids is 1. The molecule has 1 saturated heterocycles. The van der Waals surface area contributed by atoms with Gasteiger partial charge < -0.3 is 10.0 Å². The predicted octanol–water partition coefficient (Wildman–Crippen LogP) is 1.23. The number of aryl methyl sites for hydroxylation is 1. The van der Waals surface area contributed by atoms with Gasteiger partial charge in [0.1, 0.15) is 17.7 Å². The molecule has 9 heteroatoms. The Morgan fingerprint density at radius 3 is 2.69 bits per heavy atom. The largest absolute Gasteiger partial charge is 0.481 e. The maximum absolute atomic E-state index is 13.2. The van der Waals surface area contributed by atoms with Crippen LogP contribution in [-0.2, 0) is 16.0 Å². The van der Waals surface area contributed by atoms with Crippen LogP contribution in [0.25, 0.3) is 0 Å². The second-order valence-electron chi connectivity index (χ2n) is 6.48. The predicted molar refractivity (Wildman–Crippen MR) is 88.6 cm³/mol. The number of carbonyl (C=O) groups excluding carboxylic acids is 1. The minimum Gasteiger partial charge on any atom is -0.481 e. The second-order valence-corrected chi connectivity index (χ2v) is 6.48. The standard InChI is InChI=1S/C17H20FN5O3/c1-11-19-20-21-23(11)15(9-12-4-6-14(18)7-5-12)16(24)22-8-2-3-13(10-22)17(25)26/h4-7,13,15H,2-3,8-10H2,1H3,(H,25,26)/t13-,15?/m0/s1. The fraction of sp³-hybridized carbons (Fsp3) is 0.471. The summed E-state index contributed by atoms with van der Waals surface area (Å²) in [6.07, 6.45) is 1.49. The highest BCUT2D eigenvalue weighted by Gasteiger charge is 2.33. The first-order valence-electron chi connectivity index (χ1n) is 8.46. The number of nitrogens with zero attached hydrogens (tertiary/aromatic N) is 5. The van der Waals surface area contributed by atoms with Crippen LogP contribution in [0, 0.1) is 18.7 Å². The number of benzene rings is 1. The van der Waals surface area contributed by atoms with E-state index < -0.39 is 17.9 Å². The molecular weight excluding hydrogens is 341 g/mol. The zero-order chi connectivity index (χ0) is 18.7. The quantitative estimate of drug-likeness (QED) is 0.859. The Balaban J connectivity index is 1.85. The lowest BCUT2D eigenvalue weighted by molar-refractivity contribution is -0.146. The Morgan fingerprint density at radius 2 is 2.08 bits per heavy atom. The second kappa shape index (κ2) is 7.59. The lowest BCUT2D eigenvalue weighted by atomic mass is 9.96. The molecule has 0 saturated carbocycles. The lowest BCUT2D eigenvalue weighted by Gasteiger charge is -2.33. The molecule has 26 heavy (non-hydrogen) atoms. The number of likely N-dealkylation sites (tertiary alicyclic amines) is 1. The number of hydrogen-bond acceptors (Lipinski definition) is 5. The maximum atomic E-state index is 13.2. The summed E-state index contributed by atoms with van der Waals surface area (Å²) in [5.74, 6) is -1.55. The highest BCUT2D eigenvalue weighted by atomic mass is 19.1. The number of rotatable bonds is 5. The zero-order valence-electron chi connectivity index (χ0n) is 14.4. The van der Waals surface area contributed by atoms with Crippen molar-refractivity contribution in [3.05, 3.63) is 41.5 Å². The van der Waals surface area contributed by atoms with Gasteiger partial charge in [-0.05, 0) is 47.9 Å². The Morgan fingerprint density at radius 1 is 1.35 bits per heavy atom. The van der Waals surface area contributed by atoms with E-state index in [2.05, 4.69) is 15.5 Å². The van der Waals surface area contributed by atoms with Crippen molar-refractivity contribution in [1.82, 2.24) is 25.1 Å². The number of aromatic nitrogens is 4. The first-order chi connectivity index (χ1) is 12.5. The van der Waals surface area contributed by atoms with Crippen molar-refractivity contribution in [1.29, 1.82) is 0 Å². The molecule has 1 aromatic heterocycles. The number of aliphatic carboxylic acids is 1. The summed E-state index contributed by atoms with van der Waals surface area (Å²) in [6.45, 7) is 2.38. The average molecular weight is 361 g/mol. The first kappa shape index (κ1) is 18.0. The molecule has 1 N–H and O–H groups in total. The molecule has 1 fully saturated rings. The van der Waals surface area contributed by atoms with Crippen LogP contribution in [0.1, 0.15) is 30.3 Å². The molecular formula is C17H20FN5O3. The molecule has 3 rings (SSSR count). The number of carboxylic acid groups (broad SMARTS) is 1. The van der Waals surface area contributed by atoms with Crippen LogP contribution in [0.2, 0.25) is 0 Å². The Bertz CT molecular complexity index is 792. The third-order valence-electron chi connectivity index (χ3n) is 4.66. The summed E-state index contributed by atoms with van der Waals surface area (Å²) in [4.78, 5) is 26.0. The maximum Gasteiger partial charge on any atom is 0.308 e. The third kappa shape index (κ3) is 3.87. The van der Waals surface area contributed by atoms with Crippen molar-refractivity contribution in [2.24, 2.45) is 5.92 Å². The molecule has 138 valence electrons. The van der Waals surface area contributed by atoms with Crippen LogP contribution in [0.5, 0.6) is 0 Å². The van der Waals surface area contributed by atoms with Crippen LogP contribution in [0.4, 0.5) is 4.39 Å². The normalized spacial score (nSPS) is 18.5. The Kier molecular flexibility index (Phi) is 5.24. The fourth-order valence-corrected chi connectivity index (χ4v) is 3.24. The summed E-state index contributed by atoms with van der Waals surface area (Å²) in [6, 6.07) is 5.20. The van der Waals surface area contributed by atoms with E-state index >= 15 is 0 Å². The topological polar surface area (TPSA) is 101 Å². The van der Waals surface area contributed by atoms with Gasteiger partial charge >= 0.3 is 5.97 Å². The van der Waals surface area contributed by atoms with Crippen LogP contribution in [0.15, 0.2) is 24.3 Å². The summed E-state index contributed by atoms with van der Waals surface area (Å²) < 4.78 is 14.6. The smallest absolute Gasteiger partial charge is 0.308 e. The van der Waals surface area contributed by atoms with Crippen LogP contribution in [-0.4, -0.2) is 55.2 Å². The SMILES string of the molecule is Cc1nnnn1C(Cc1ccc(F)cc1)C(=O)N1CCC[C@H](C(=O)O)C1. The monoisotopic (exact) mass is 361 g/mol. The summed E-state index contributed by atoms with van der Waals surface area (Å²) in [7, 11) is 0. The number of tetrazole rings is 1. The molecule has 0 aliphatic carbocycles. The van der Waals surface area contributed by atoms with E-state index in [1.807, 2.05) is 0 Å². The molecule has 0 radical (unpaired) electrons. The van der Waals surface area contributed by atoms with E-state index in [-0.39, 0.29) is 18.3 Å². The van der Waals surface area contributed by atoms with E-state index in [0.29, 0.717) is 31.6 Å². The van der Waals surface area contributed by atoms with Gasteiger partial charge in [0.25, 0.3) is 0 Å². The molecule has 1 amide bonds. The molecule has 1 aliphatic rings. The van der Waals surface area contributed by atoms with Gasteiger partial charge in [0, 0.05) is 19.5 Å². The van der Waals surface area contributed by atoms with Gasteiger partial charge in [-0.15, -0.1) is 5.10 Å². The van der Waals surface area contributed by atoms with Crippen molar-refractivity contribution in [3.8, 4) is 0 Å². The molecule has 1 aromatic carbocycles. The van der Waals surface area contributed by atoms with Crippen LogP contribution >= 0.6 is 0 Å². The average Bonchev–Trinajstić information content (AvgIpc) is 3.06. The van der Waals surface area contributed by atoms with Gasteiger partial charge in [0.05, 0.1) is 5.92 Å². The first-order valence-corrected chi connectivity index (χ1v) is 8.46. The number of piperidine rings is 1. The zero-order valence-corrected chi connectivity index (χ0v) is 14.4. The Labute approximate surface area is 149 Å². The van der Waals surface area contributed by atoms with Gasteiger partial charge in [0.2, 0.25) is 5.91 Å². The van der Waals surface area contributed by atoms with Gasteiger partial charge in [0.15, 0.2) is 0 Å². The van der Waals surface area contributed by atoms with Gasteiger partial charge in [-0.2, -0.15) is 0 Å². The molecule has 2 heterocycles. The molecule has 1 aliphatic heterocycles. The van der Waals surface area contributed by atoms with Gasteiger partial charge in [-0.25, -0.2) is 9.07 Å². The number of hydrogen-bond donors (Lipinski definition) is 1. The van der Waals surface area contributed by atoms with Crippen LogP contribution < -0.4 is 0 Å². The summed E-state index contributed by atoms with van der Waals surface area (Å²) >= 11 is 0. The number of carbonyl (C=O) groups is 2. The molecule has 2 atom stereocenters. The van der Waals surface area contributed by atoms with E-state index in [1.165, 1.54) is 16.8 Å². The molecule has 0 bridgehead atoms. The highest BCUT2D eigenvalue weighted by Crippen LogP contribution is 2.23. The molecule has 2 aromatic rings. The van der Waals surface area contributed by atoms with Crippen molar-refractivity contribution < 1.29 is 19.1 Å². The van der Waals surface area contributed by atoms with Crippen molar-refractivity contribution in [2.45, 2.75) is 32.2 Å². The van der Waals surface area contributed by atoms with E-state index in [0.717, 1.165) is 5.56 Å². The Hall–Kier alpha value is -2.84.